The molecule has 1 amide bonds. The van der Waals surface area contributed by atoms with Gasteiger partial charge in [0.2, 0.25) is 0 Å². The average Bonchev–Trinajstić information content (AvgIpc) is 3.15. The highest BCUT2D eigenvalue weighted by Gasteiger charge is 2.14. The van der Waals surface area contributed by atoms with E-state index in [0.717, 1.165) is 16.7 Å². The summed E-state index contributed by atoms with van der Waals surface area (Å²) in [5, 5.41) is 8.93. The quantitative estimate of drug-likeness (QED) is 0.264. The number of aryl methyl sites for hydroxylation is 1. The lowest BCUT2D eigenvalue weighted by molar-refractivity contribution is 0.102. The van der Waals surface area contributed by atoms with Gasteiger partial charge in [0.15, 0.2) is 5.82 Å². The number of anilines is 1. The minimum atomic E-state index is -0.336. The largest absolute Gasteiger partial charge is 0.487 e. The van der Waals surface area contributed by atoms with Gasteiger partial charge in [-0.25, -0.2) is 0 Å². The number of hydrogen-bond acceptors (Lipinski definition) is 3. The molecule has 0 atom stereocenters. The van der Waals surface area contributed by atoms with E-state index >= 15 is 0 Å². The molecule has 0 saturated heterocycles. The van der Waals surface area contributed by atoms with Gasteiger partial charge in [0, 0.05) is 11.8 Å². The topological polar surface area (TPSA) is 56.1 Å². The van der Waals surface area contributed by atoms with Gasteiger partial charge >= 0.3 is 0 Å². The molecule has 0 aliphatic heterocycles. The van der Waals surface area contributed by atoms with Crippen molar-refractivity contribution in [3.05, 3.63) is 109 Å². The van der Waals surface area contributed by atoms with E-state index in [1.165, 1.54) is 0 Å². The SMILES string of the molecule is Cc1ccc(Cl)c(OCc2cccc(C(=O)Nc3nn(Cc4ccc(Cl)c(Cl)c4)cc3Cl)c2)c1. The van der Waals surface area contributed by atoms with Crippen LogP contribution in [0.5, 0.6) is 5.75 Å². The summed E-state index contributed by atoms with van der Waals surface area (Å²) in [6, 6.07) is 18.0. The molecule has 1 heterocycles. The van der Waals surface area contributed by atoms with Crippen molar-refractivity contribution in [3.63, 3.8) is 0 Å². The molecule has 0 aliphatic carbocycles. The molecule has 0 radical (unpaired) electrons. The van der Waals surface area contributed by atoms with Gasteiger partial charge in [0.05, 0.1) is 21.6 Å². The minimum Gasteiger partial charge on any atom is -0.487 e. The molecule has 0 aliphatic rings. The standard InChI is InChI=1S/C25H19Cl4N3O2/c1-15-5-7-20(27)23(9-15)34-14-17-3-2-4-18(10-17)25(33)30-24-22(29)13-32(31-24)12-16-6-8-19(26)21(28)11-16/h2-11,13H,12,14H2,1H3,(H,30,31,33). The maximum atomic E-state index is 12.8. The van der Waals surface area contributed by atoms with Crippen LogP contribution in [0, 0.1) is 6.92 Å². The fourth-order valence-corrected chi connectivity index (χ4v) is 3.94. The third-order valence-corrected chi connectivity index (χ3v) is 6.28. The number of nitrogens with zero attached hydrogens (tertiary/aromatic N) is 2. The van der Waals surface area contributed by atoms with Crippen LogP contribution in [0.3, 0.4) is 0 Å². The van der Waals surface area contributed by atoms with Crippen LogP contribution in [0.4, 0.5) is 5.82 Å². The zero-order valence-corrected chi connectivity index (χ0v) is 21.0. The van der Waals surface area contributed by atoms with E-state index in [-0.39, 0.29) is 18.3 Å². The van der Waals surface area contributed by atoms with Gasteiger partial charge < -0.3 is 10.1 Å². The number of ether oxygens (including phenoxy) is 1. The predicted molar refractivity (Wildman–Crippen MR) is 138 cm³/mol. The number of rotatable bonds is 7. The second kappa shape index (κ2) is 10.7. The van der Waals surface area contributed by atoms with E-state index in [1.807, 2.05) is 31.2 Å². The van der Waals surface area contributed by atoms with Crippen molar-refractivity contribution >= 4 is 58.1 Å². The number of carbonyl (C=O) groups is 1. The number of carbonyl (C=O) groups excluding carboxylic acids is 1. The maximum absolute atomic E-state index is 12.8. The molecule has 4 rings (SSSR count). The molecule has 34 heavy (non-hydrogen) atoms. The van der Waals surface area contributed by atoms with Crippen LogP contribution in [0.15, 0.2) is 66.9 Å². The molecule has 174 valence electrons. The summed E-state index contributed by atoms with van der Waals surface area (Å²) < 4.78 is 7.45. The van der Waals surface area contributed by atoms with Crippen molar-refractivity contribution in [1.29, 1.82) is 0 Å². The van der Waals surface area contributed by atoms with E-state index in [0.29, 0.717) is 37.9 Å². The Morgan fingerprint density at radius 1 is 0.912 bits per heavy atom. The number of aromatic nitrogens is 2. The van der Waals surface area contributed by atoms with Crippen LogP contribution >= 0.6 is 46.4 Å². The van der Waals surface area contributed by atoms with Gasteiger partial charge in [-0.2, -0.15) is 5.10 Å². The van der Waals surface area contributed by atoms with Gasteiger partial charge in [-0.1, -0.05) is 70.7 Å². The number of halogens is 4. The molecular weight excluding hydrogens is 516 g/mol. The first kappa shape index (κ1) is 24.4. The van der Waals surface area contributed by atoms with E-state index in [2.05, 4.69) is 10.4 Å². The Morgan fingerprint density at radius 3 is 2.50 bits per heavy atom. The van der Waals surface area contributed by atoms with Crippen molar-refractivity contribution in [2.75, 3.05) is 5.32 Å². The van der Waals surface area contributed by atoms with Gasteiger partial charge in [0.1, 0.15) is 17.4 Å². The molecule has 4 aromatic rings. The fraction of sp³-hybridized carbons (Fsp3) is 0.120. The lowest BCUT2D eigenvalue weighted by atomic mass is 10.1. The Morgan fingerprint density at radius 2 is 1.71 bits per heavy atom. The van der Waals surface area contributed by atoms with Crippen LogP contribution in [0.2, 0.25) is 20.1 Å². The van der Waals surface area contributed by atoms with Crippen LogP contribution in [0.1, 0.15) is 27.0 Å². The molecule has 3 aromatic carbocycles. The second-order valence-corrected chi connectivity index (χ2v) is 9.28. The van der Waals surface area contributed by atoms with Crippen molar-refractivity contribution < 1.29 is 9.53 Å². The van der Waals surface area contributed by atoms with Gasteiger partial charge in [0.25, 0.3) is 5.91 Å². The normalized spacial score (nSPS) is 10.9. The highest BCUT2D eigenvalue weighted by atomic mass is 35.5. The number of amides is 1. The highest BCUT2D eigenvalue weighted by Crippen LogP contribution is 2.27. The Hall–Kier alpha value is -2.70. The van der Waals surface area contributed by atoms with E-state index in [4.69, 9.17) is 51.1 Å². The predicted octanol–water partition coefficient (Wildman–Crippen LogP) is 7.68. The summed E-state index contributed by atoms with van der Waals surface area (Å²) in [5.41, 5.74) is 3.21. The Bertz CT molecular complexity index is 1350. The second-order valence-electron chi connectivity index (χ2n) is 7.65. The Labute approximate surface area is 217 Å². The zero-order valence-electron chi connectivity index (χ0n) is 18.0. The molecule has 0 spiro atoms. The summed E-state index contributed by atoms with van der Waals surface area (Å²) in [6.45, 7) is 2.65. The molecule has 0 bridgehead atoms. The minimum absolute atomic E-state index is 0.264. The smallest absolute Gasteiger partial charge is 0.256 e. The monoisotopic (exact) mass is 533 g/mol. The first-order chi connectivity index (χ1) is 16.3. The van der Waals surface area contributed by atoms with Crippen LogP contribution in [-0.4, -0.2) is 15.7 Å². The summed E-state index contributed by atoms with van der Waals surface area (Å²) in [6.07, 6.45) is 1.63. The summed E-state index contributed by atoms with van der Waals surface area (Å²) in [7, 11) is 0. The lowest BCUT2D eigenvalue weighted by Gasteiger charge is -2.10. The lowest BCUT2D eigenvalue weighted by Crippen LogP contribution is -2.13. The van der Waals surface area contributed by atoms with Crippen molar-refractivity contribution in [1.82, 2.24) is 9.78 Å². The van der Waals surface area contributed by atoms with Crippen molar-refractivity contribution in [3.8, 4) is 5.75 Å². The maximum Gasteiger partial charge on any atom is 0.256 e. The molecule has 1 N–H and O–H groups in total. The highest BCUT2D eigenvalue weighted by molar-refractivity contribution is 6.42. The number of nitrogens with one attached hydrogen (secondary N) is 1. The van der Waals surface area contributed by atoms with Gasteiger partial charge in [-0.3, -0.25) is 9.48 Å². The number of hydrogen-bond donors (Lipinski definition) is 1. The van der Waals surface area contributed by atoms with Crippen LogP contribution in [-0.2, 0) is 13.2 Å². The third-order valence-electron chi connectivity index (χ3n) is 4.95. The first-order valence-corrected chi connectivity index (χ1v) is 11.8. The van der Waals surface area contributed by atoms with Crippen molar-refractivity contribution in [2.24, 2.45) is 0 Å². The Balaban J connectivity index is 1.42. The van der Waals surface area contributed by atoms with Crippen molar-refractivity contribution in [2.45, 2.75) is 20.1 Å². The zero-order chi connectivity index (χ0) is 24.2. The summed E-state index contributed by atoms with van der Waals surface area (Å²) >= 11 is 24.5. The first-order valence-electron chi connectivity index (χ1n) is 10.2. The summed E-state index contributed by atoms with van der Waals surface area (Å²) in [4.78, 5) is 12.8. The molecule has 0 fully saturated rings. The van der Waals surface area contributed by atoms with Crippen LogP contribution < -0.4 is 10.1 Å². The number of benzene rings is 3. The molecular formula is C25H19Cl4N3O2. The van der Waals surface area contributed by atoms with Crippen LogP contribution in [0.25, 0.3) is 0 Å². The molecule has 1 aromatic heterocycles. The van der Waals surface area contributed by atoms with E-state index in [1.54, 1.807) is 47.3 Å². The molecule has 5 nitrogen and oxygen atoms in total. The van der Waals surface area contributed by atoms with E-state index < -0.39 is 0 Å². The van der Waals surface area contributed by atoms with Gasteiger partial charge in [-0.15, -0.1) is 0 Å². The average molecular weight is 535 g/mol. The fourth-order valence-electron chi connectivity index (χ4n) is 3.25. The van der Waals surface area contributed by atoms with Gasteiger partial charge in [-0.05, 0) is 60.0 Å². The van der Waals surface area contributed by atoms with E-state index in [9.17, 15) is 4.79 Å². The molecule has 0 saturated carbocycles. The third kappa shape index (κ3) is 6.05. The molecule has 9 heteroatoms. The Kier molecular flexibility index (Phi) is 7.69. The summed E-state index contributed by atoms with van der Waals surface area (Å²) in [5.74, 6) is 0.521. The molecule has 0 unspecified atom stereocenters.